The minimum Gasteiger partial charge on any atom is -0.353 e. The molecular formula is C11H9IO2S2. The second kappa shape index (κ2) is 4.91. The van der Waals surface area contributed by atoms with Crippen LogP contribution in [0.2, 0.25) is 0 Å². The van der Waals surface area contributed by atoms with Crippen molar-refractivity contribution in [2.75, 3.05) is 0 Å². The molecule has 0 aliphatic rings. The van der Waals surface area contributed by atoms with Gasteiger partial charge < -0.3 is 10.2 Å². The van der Waals surface area contributed by atoms with Gasteiger partial charge in [-0.1, -0.05) is 16.3 Å². The molecule has 0 unspecified atom stereocenters. The molecule has 2 heterocycles. The van der Waals surface area contributed by atoms with E-state index < -0.39 is 24.5 Å². The quantitative estimate of drug-likeness (QED) is 0.499. The van der Waals surface area contributed by atoms with Gasteiger partial charge >= 0.3 is 0 Å². The van der Waals surface area contributed by atoms with Crippen LogP contribution in [-0.2, 0) is 3.79 Å². The normalized spacial score (nSPS) is 11.4. The van der Waals surface area contributed by atoms with E-state index >= 15 is 0 Å². The average molecular weight is 364 g/mol. The third-order valence-corrected chi connectivity index (χ3v) is 6.21. The molecule has 0 spiro atoms. The predicted molar refractivity (Wildman–Crippen MR) is 78.4 cm³/mol. The van der Waals surface area contributed by atoms with Gasteiger partial charge in [-0.25, -0.2) is 0 Å². The first kappa shape index (κ1) is 12.2. The first-order chi connectivity index (χ1) is 7.63. The largest absolute Gasteiger partial charge is 0.353 e. The number of aliphatic hydroxyl groups is 2. The van der Waals surface area contributed by atoms with Crippen molar-refractivity contribution in [1.29, 1.82) is 0 Å². The second-order valence-corrected chi connectivity index (χ2v) is 7.79. The van der Waals surface area contributed by atoms with Crippen molar-refractivity contribution in [3.8, 4) is 9.75 Å². The van der Waals surface area contributed by atoms with Gasteiger partial charge in [-0.05, 0) is 23.6 Å². The molecule has 2 N–H and O–H groups in total. The molecule has 0 aliphatic carbocycles. The topological polar surface area (TPSA) is 40.5 Å². The first-order valence-corrected chi connectivity index (χ1v) is 8.25. The summed E-state index contributed by atoms with van der Waals surface area (Å²) in [6.45, 7) is 3.44. The van der Waals surface area contributed by atoms with Crippen LogP contribution >= 0.6 is 43.4 Å². The summed E-state index contributed by atoms with van der Waals surface area (Å²) in [4.78, 5) is 2.78. The Morgan fingerprint density at radius 1 is 1.25 bits per heavy atom. The Kier molecular flexibility index (Phi) is 3.73. The zero-order chi connectivity index (χ0) is 11.6. The third kappa shape index (κ3) is 2.51. The molecule has 0 bridgehead atoms. The summed E-state index contributed by atoms with van der Waals surface area (Å²) >= 11 is 2.07. The zero-order valence-corrected chi connectivity index (χ0v) is 12.0. The predicted octanol–water partition coefficient (Wildman–Crippen LogP) is 3.13. The monoisotopic (exact) mass is 364 g/mol. The van der Waals surface area contributed by atoms with Crippen LogP contribution in [0.1, 0.15) is 4.88 Å². The van der Waals surface area contributed by atoms with E-state index in [1.165, 1.54) is 11.3 Å². The molecule has 5 heteroatoms. The van der Waals surface area contributed by atoms with Gasteiger partial charge in [0.05, 0.1) is 4.88 Å². The molecule has 16 heavy (non-hydrogen) atoms. The van der Waals surface area contributed by atoms with Crippen LogP contribution in [0.5, 0.6) is 0 Å². The Bertz CT molecular complexity index is 522. The molecule has 84 valence electrons. The lowest BCUT2D eigenvalue weighted by Gasteiger charge is -2.12. The van der Waals surface area contributed by atoms with Crippen LogP contribution in [0.3, 0.4) is 0 Å². The molecule has 2 aromatic heterocycles. The fraction of sp³-hybridized carbons (Fsp3) is 0.0909. The Labute approximate surface area is 111 Å². The first-order valence-electron chi connectivity index (χ1n) is 4.39. The highest BCUT2D eigenvalue weighted by Gasteiger charge is 2.25. The van der Waals surface area contributed by atoms with Gasteiger partial charge in [-0.3, -0.25) is 0 Å². The van der Waals surface area contributed by atoms with Crippen molar-refractivity contribution in [3.05, 3.63) is 41.1 Å². The van der Waals surface area contributed by atoms with E-state index in [2.05, 4.69) is 10.2 Å². The standard InChI is InChI=1S/C11H9IO2S2/c1-2-12-11(13,14)10-6-5-9(16-10)8-4-3-7-15-8/h3-7,13-14H,1H2. The van der Waals surface area contributed by atoms with Crippen molar-refractivity contribution in [2.45, 2.75) is 3.79 Å². The summed E-state index contributed by atoms with van der Waals surface area (Å²) in [5.74, 6) is 0. The van der Waals surface area contributed by atoms with Gasteiger partial charge in [0, 0.05) is 30.5 Å². The van der Waals surface area contributed by atoms with Crippen LogP contribution in [0.4, 0.5) is 0 Å². The molecular weight excluding hydrogens is 355 g/mol. The SMILES string of the molecule is C=C=IC(O)(O)c1ccc(-c2cccs2)s1. The van der Waals surface area contributed by atoms with Gasteiger partial charge in [0.25, 0.3) is 3.79 Å². The number of thiophene rings is 2. The Morgan fingerprint density at radius 3 is 2.69 bits per heavy atom. The van der Waals surface area contributed by atoms with Gasteiger partial charge in [0.15, 0.2) is 0 Å². The van der Waals surface area contributed by atoms with Crippen LogP contribution in [0.25, 0.3) is 9.75 Å². The van der Waals surface area contributed by atoms with Crippen LogP contribution < -0.4 is 0 Å². The van der Waals surface area contributed by atoms with Gasteiger partial charge in [0.1, 0.15) is 0 Å². The van der Waals surface area contributed by atoms with E-state index in [-0.39, 0.29) is 0 Å². The number of alkyl halides is 1. The van der Waals surface area contributed by atoms with Crippen LogP contribution in [-0.4, -0.2) is 13.9 Å². The summed E-state index contributed by atoms with van der Waals surface area (Å²) in [7, 11) is 0. The van der Waals surface area contributed by atoms with E-state index in [0.717, 1.165) is 9.75 Å². The fourth-order valence-electron chi connectivity index (χ4n) is 1.20. The summed E-state index contributed by atoms with van der Waals surface area (Å²) in [6, 6.07) is 7.68. The van der Waals surface area contributed by atoms with Crippen molar-refractivity contribution in [1.82, 2.24) is 0 Å². The highest BCUT2D eigenvalue weighted by Crippen LogP contribution is 2.39. The molecule has 0 atom stereocenters. The molecule has 0 saturated carbocycles. The third-order valence-electron chi connectivity index (χ3n) is 1.88. The highest BCUT2D eigenvalue weighted by atomic mass is 127. The smallest absolute Gasteiger partial charge is 0.255 e. The minimum absolute atomic E-state index is 0.569. The molecule has 0 amide bonds. The Balaban J connectivity index is 2.37. The summed E-state index contributed by atoms with van der Waals surface area (Å²) in [5.41, 5.74) is 0. The van der Waals surface area contributed by atoms with Gasteiger partial charge in [0.2, 0.25) is 0 Å². The van der Waals surface area contributed by atoms with Gasteiger partial charge in [-0.15, -0.1) is 22.7 Å². The van der Waals surface area contributed by atoms with E-state index in [1.54, 1.807) is 17.4 Å². The molecule has 0 aromatic carbocycles. The molecule has 0 fully saturated rings. The molecule has 2 nitrogen and oxygen atoms in total. The van der Waals surface area contributed by atoms with E-state index in [1.807, 2.05) is 23.6 Å². The van der Waals surface area contributed by atoms with Gasteiger partial charge in [-0.2, -0.15) is 0 Å². The Morgan fingerprint density at radius 2 is 2.06 bits per heavy atom. The van der Waals surface area contributed by atoms with Crippen molar-refractivity contribution < 1.29 is 10.2 Å². The summed E-state index contributed by atoms with van der Waals surface area (Å²) in [6.07, 6.45) is 0. The van der Waals surface area contributed by atoms with E-state index in [4.69, 9.17) is 0 Å². The molecule has 0 radical (unpaired) electrons. The number of hydrogen-bond donors (Lipinski definition) is 2. The lowest BCUT2D eigenvalue weighted by molar-refractivity contribution is -0.0603. The van der Waals surface area contributed by atoms with Crippen LogP contribution in [0.15, 0.2) is 36.2 Å². The maximum atomic E-state index is 9.81. The fourth-order valence-corrected chi connectivity index (χ4v) is 4.49. The van der Waals surface area contributed by atoms with Crippen molar-refractivity contribution in [3.63, 3.8) is 0 Å². The molecule has 2 rings (SSSR count). The van der Waals surface area contributed by atoms with Crippen molar-refractivity contribution in [2.24, 2.45) is 0 Å². The van der Waals surface area contributed by atoms with Crippen molar-refractivity contribution >= 4 is 47.1 Å². The minimum atomic E-state index is -1.74. The number of halogens is 1. The van der Waals surface area contributed by atoms with E-state index in [0.29, 0.717) is 4.88 Å². The van der Waals surface area contributed by atoms with Crippen LogP contribution in [0, 0.1) is 0 Å². The highest BCUT2D eigenvalue weighted by molar-refractivity contribution is 14.2. The second-order valence-electron chi connectivity index (χ2n) is 2.96. The summed E-state index contributed by atoms with van der Waals surface area (Å²) in [5, 5.41) is 21.6. The van der Waals surface area contributed by atoms with E-state index in [9.17, 15) is 10.2 Å². The molecule has 0 saturated heterocycles. The summed E-state index contributed by atoms with van der Waals surface area (Å²) < 4.78 is 0.884. The lowest BCUT2D eigenvalue weighted by Crippen LogP contribution is -2.14. The zero-order valence-electron chi connectivity index (χ0n) is 8.18. The lowest BCUT2D eigenvalue weighted by atomic mass is 10.3. The molecule has 2 aromatic rings. The number of hydrogen-bond acceptors (Lipinski definition) is 4. The molecule has 0 aliphatic heterocycles. The maximum absolute atomic E-state index is 9.81. The Hall–Kier alpha value is -0.300. The maximum Gasteiger partial charge on any atom is 0.255 e. The average Bonchev–Trinajstić information content (AvgIpc) is 2.89. The number of rotatable bonds is 3.